The summed E-state index contributed by atoms with van der Waals surface area (Å²) in [7, 11) is 1.69. The molecule has 8 aromatic rings. The summed E-state index contributed by atoms with van der Waals surface area (Å²) in [6.07, 6.45) is 18.1. The van der Waals surface area contributed by atoms with Crippen LogP contribution in [0.5, 0.6) is 5.75 Å². The molecule has 3 aliphatic heterocycles. The van der Waals surface area contributed by atoms with E-state index in [0.29, 0.717) is 0 Å². The van der Waals surface area contributed by atoms with Crippen molar-refractivity contribution in [3.05, 3.63) is 186 Å². The van der Waals surface area contributed by atoms with Gasteiger partial charge >= 0.3 is 14.0 Å². The number of aryl methyl sites for hydroxylation is 1. The molecule has 2 aliphatic carbocycles. The van der Waals surface area contributed by atoms with E-state index in [9.17, 15) is 0 Å². The van der Waals surface area contributed by atoms with Crippen molar-refractivity contribution in [1.29, 1.82) is 0 Å². The van der Waals surface area contributed by atoms with Crippen LogP contribution < -0.4 is 41.5 Å². The molecule has 0 amide bonds. The number of nitrogens with zero attached hydrogens (tertiary/aromatic N) is 3. The van der Waals surface area contributed by atoms with Gasteiger partial charge in [0, 0.05) is 56.3 Å². The largest absolute Gasteiger partial charge is 0.496 e. The third-order valence-corrected chi connectivity index (χ3v) is 19.2. The lowest BCUT2D eigenvalue weighted by atomic mass is 9.62. The summed E-state index contributed by atoms with van der Waals surface area (Å²) in [6.45, 7) is 2.38. The minimum absolute atomic E-state index is 0.0215. The van der Waals surface area contributed by atoms with Crippen LogP contribution in [-0.4, -0.2) is 42.4 Å². The van der Waals surface area contributed by atoms with Crippen molar-refractivity contribution in [3.63, 3.8) is 0 Å². The molecule has 0 radical (unpaired) electrons. The third-order valence-electron chi connectivity index (χ3n) is 14.9. The molecule has 13 rings (SSSR count). The molecule has 11 heteroatoms. The highest BCUT2D eigenvalue weighted by Gasteiger charge is 2.42. The zero-order valence-electron chi connectivity index (χ0n) is 40.7. The maximum Gasteiger partial charge on any atom is 0.415 e. The molecular weight excluding hydrogens is 953 g/mol. The number of anilines is 5. The number of aromatic nitrogens is 2. The number of rotatable bonds is 7. The number of nitrogens with one attached hydrogen (secondary N) is 3. The normalized spacial score (nSPS) is 15.5. The highest BCUT2D eigenvalue weighted by Crippen LogP contribution is 2.57. The van der Waals surface area contributed by atoms with Gasteiger partial charge in [0.05, 0.1) is 24.2 Å². The van der Waals surface area contributed by atoms with Gasteiger partial charge in [0.15, 0.2) is 0 Å². The van der Waals surface area contributed by atoms with Crippen LogP contribution >= 0.6 is 23.9 Å². The topological polar surface area (TPSA) is 74.3 Å². The van der Waals surface area contributed by atoms with Crippen molar-refractivity contribution in [3.8, 4) is 39.4 Å². The summed E-state index contributed by atoms with van der Waals surface area (Å²) in [4.78, 5) is 11.6. The van der Waals surface area contributed by atoms with Crippen LogP contribution in [0.15, 0.2) is 181 Å². The van der Waals surface area contributed by atoms with E-state index in [2.05, 4.69) is 175 Å². The molecule has 7 nitrogen and oxygen atoms in total. The van der Waals surface area contributed by atoms with Gasteiger partial charge in [-0.3, -0.25) is 9.97 Å². The van der Waals surface area contributed by atoms with Crippen molar-refractivity contribution in [2.24, 2.45) is 0 Å². The number of benzene rings is 6. The Kier molecular flexibility index (Phi) is 14.3. The quantitative estimate of drug-likeness (QED) is 0.108. The highest BCUT2D eigenvalue weighted by molar-refractivity contribution is 9.10. The lowest BCUT2D eigenvalue weighted by Gasteiger charge is -2.39. The van der Waals surface area contributed by atoms with E-state index in [0.717, 1.165) is 55.3 Å². The Bertz CT molecular complexity index is 3100. The summed E-state index contributed by atoms with van der Waals surface area (Å²) in [6, 6.07) is 57.4. The van der Waals surface area contributed by atoms with Gasteiger partial charge in [-0.2, -0.15) is 0 Å². The van der Waals surface area contributed by atoms with Gasteiger partial charge in [-0.05, 0) is 126 Å². The summed E-state index contributed by atoms with van der Waals surface area (Å²) < 4.78 is 6.86. The number of hydrogen-bond donors (Lipinski definition) is 3. The van der Waals surface area contributed by atoms with Gasteiger partial charge < -0.3 is 25.2 Å². The monoisotopic (exact) mass is 1010 g/mol. The van der Waals surface area contributed by atoms with Crippen molar-refractivity contribution < 1.29 is 4.74 Å². The van der Waals surface area contributed by atoms with Crippen LogP contribution in [0.2, 0.25) is 0 Å². The molecule has 5 aliphatic rings. The van der Waals surface area contributed by atoms with E-state index >= 15 is 0 Å². The Morgan fingerprint density at radius 2 is 1.08 bits per heavy atom. The van der Waals surface area contributed by atoms with E-state index in [4.69, 9.17) is 4.74 Å². The smallest absolute Gasteiger partial charge is 0.415 e. The van der Waals surface area contributed by atoms with E-state index in [1.807, 2.05) is 62.0 Å². The zero-order chi connectivity index (χ0) is 48.1. The first kappa shape index (κ1) is 47.0. The van der Waals surface area contributed by atoms with Crippen LogP contribution in [0, 0.1) is 6.92 Å². The maximum absolute atomic E-state index is 5.81. The fourth-order valence-corrected chi connectivity index (χ4v) is 16.1. The molecule has 5 heterocycles. The minimum Gasteiger partial charge on any atom is -0.496 e. The predicted molar refractivity (Wildman–Crippen MR) is 307 cm³/mol. The lowest BCUT2D eigenvalue weighted by Crippen LogP contribution is -2.51. The summed E-state index contributed by atoms with van der Waals surface area (Å²) >= 11 is 3.62. The molecule has 0 bridgehead atoms. The lowest BCUT2D eigenvalue weighted by molar-refractivity contribution is 0.416. The molecule has 2 aromatic heterocycles. The van der Waals surface area contributed by atoms with Gasteiger partial charge in [0.25, 0.3) is 0 Å². The standard InChI is InChI=1S/C26H35OP.C17H13BBrN3.C17H12BN3/c1-20-12-11-18-24(27-2)26(20)23-17-9-10-19-25(23)28(21-13-5-3-6-14-21)22-15-7-4-8-16-22;19-14-8-2-1-6-12(14)17-13(7-5-11-20-17)18-21-15-9-3-4-10-16(15)22-18;1-3-9-15-12(6-1)17-13(7-5-11-19-17)18-20-14-8-2-4-10-16(14)21(15)18/h9-12,17-19,21-22H,3-8,13-16H2,1-2H3;1-11,21-22H;1-11,20H. The molecule has 0 unspecified atom stereocenters. The number of para-hydroxylation sites is 5. The van der Waals surface area contributed by atoms with Gasteiger partial charge in [0.1, 0.15) is 5.75 Å². The van der Waals surface area contributed by atoms with Crippen molar-refractivity contribution in [2.75, 3.05) is 27.6 Å². The Labute approximate surface area is 430 Å². The molecule has 0 spiro atoms. The third kappa shape index (κ3) is 9.61. The molecule has 3 N–H and O–H groups in total. The Morgan fingerprint density at radius 3 is 1.75 bits per heavy atom. The number of ether oxygens (including phenoxy) is 1. The summed E-state index contributed by atoms with van der Waals surface area (Å²) in [5, 5.41) is 12.3. The van der Waals surface area contributed by atoms with Crippen LogP contribution in [0.3, 0.4) is 0 Å². The molecule has 0 atom stereocenters. The zero-order valence-corrected chi connectivity index (χ0v) is 43.2. The number of halogens is 1. The van der Waals surface area contributed by atoms with Crippen molar-refractivity contribution in [1.82, 2.24) is 9.97 Å². The predicted octanol–water partition coefficient (Wildman–Crippen LogP) is 14.2. The van der Waals surface area contributed by atoms with E-state index in [1.54, 1.807) is 5.30 Å². The SMILES string of the molecule is Brc1ccccc1-c1ncccc1B1Nc2ccccc2N1.COc1cccc(C)c1-c1ccccc1P(C1CCCCC1)C1CCCCC1.c1ccc2c(c1)NB1c3cccnc3-c3ccccc3N12. The second kappa shape index (κ2) is 21.6. The van der Waals surface area contributed by atoms with Crippen LogP contribution in [0.1, 0.15) is 69.8 Å². The fourth-order valence-electron chi connectivity index (χ4n) is 11.6. The number of hydrogen-bond acceptors (Lipinski definition) is 7. The summed E-state index contributed by atoms with van der Waals surface area (Å²) in [5.41, 5.74) is 18.5. The first-order valence-electron chi connectivity index (χ1n) is 25.6. The second-order valence-electron chi connectivity index (χ2n) is 19.2. The molecule has 71 heavy (non-hydrogen) atoms. The maximum atomic E-state index is 5.81. The Hall–Kier alpha value is -6.34. The molecule has 0 saturated heterocycles. The van der Waals surface area contributed by atoms with Gasteiger partial charge in [-0.1, -0.05) is 172 Å². The van der Waals surface area contributed by atoms with Crippen LogP contribution in [0.25, 0.3) is 33.6 Å². The van der Waals surface area contributed by atoms with E-state index < -0.39 is 0 Å². The molecule has 354 valence electrons. The van der Waals surface area contributed by atoms with Crippen molar-refractivity contribution in [2.45, 2.75) is 82.4 Å². The van der Waals surface area contributed by atoms with Gasteiger partial charge in [-0.15, -0.1) is 0 Å². The van der Waals surface area contributed by atoms with E-state index in [-0.39, 0.29) is 21.9 Å². The molecule has 6 aromatic carbocycles. The molecular formula is C60H60B2BrN6OP. The van der Waals surface area contributed by atoms with Crippen LogP contribution in [0.4, 0.5) is 28.4 Å². The Morgan fingerprint density at radius 1 is 0.535 bits per heavy atom. The number of fused-ring (bicyclic) bond motifs is 9. The summed E-state index contributed by atoms with van der Waals surface area (Å²) in [5.74, 6) is 1.02. The average molecular weight is 1010 g/mol. The fraction of sp³-hybridized carbons (Fsp3) is 0.233. The number of pyridine rings is 2. The first-order valence-corrected chi connectivity index (χ1v) is 27.9. The van der Waals surface area contributed by atoms with E-state index in [1.165, 1.54) is 109 Å². The number of methoxy groups -OCH3 is 1. The Balaban J connectivity index is 0.000000117. The average Bonchev–Trinajstić information content (AvgIpc) is 4.06. The molecule has 2 fully saturated rings. The minimum atomic E-state index is -0.122. The van der Waals surface area contributed by atoms with Crippen molar-refractivity contribution >= 4 is 82.5 Å². The van der Waals surface area contributed by atoms with Gasteiger partial charge in [0.2, 0.25) is 0 Å². The first-order chi connectivity index (χ1) is 35.1. The second-order valence-corrected chi connectivity index (χ2v) is 22.9. The van der Waals surface area contributed by atoms with Crippen LogP contribution in [-0.2, 0) is 0 Å². The highest BCUT2D eigenvalue weighted by atomic mass is 79.9. The molecule has 2 saturated carbocycles. The van der Waals surface area contributed by atoms with Gasteiger partial charge in [-0.25, -0.2) is 0 Å².